The lowest BCUT2D eigenvalue weighted by Crippen LogP contribution is -2.43. The van der Waals surface area contributed by atoms with Crippen molar-refractivity contribution >= 4 is 11.9 Å². The molecular weight excluding hydrogens is 230 g/mol. The van der Waals surface area contributed by atoms with Crippen molar-refractivity contribution in [2.75, 3.05) is 5.73 Å². The van der Waals surface area contributed by atoms with Crippen LogP contribution in [0, 0.1) is 0 Å². The zero-order valence-corrected chi connectivity index (χ0v) is 9.58. The van der Waals surface area contributed by atoms with Crippen molar-refractivity contribution < 1.29 is 13.6 Å². The van der Waals surface area contributed by atoms with Gasteiger partial charge in [0.15, 0.2) is 0 Å². The van der Waals surface area contributed by atoms with E-state index in [1.54, 1.807) is 6.92 Å². The van der Waals surface area contributed by atoms with Gasteiger partial charge in [-0.2, -0.15) is 8.78 Å². The molecule has 0 bridgehead atoms. The largest absolute Gasteiger partial charge is 0.368 e. The van der Waals surface area contributed by atoms with Crippen molar-refractivity contribution in [2.24, 2.45) is 0 Å². The van der Waals surface area contributed by atoms with E-state index in [-0.39, 0.29) is 5.95 Å². The van der Waals surface area contributed by atoms with Crippen LogP contribution >= 0.6 is 0 Å². The van der Waals surface area contributed by atoms with Crippen molar-refractivity contribution in [3.05, 3.63) is 18.0 Å². The number of nitrogens with one attached hydrogen (secondary N) is 1. The fraction of sp³-hybridized carbons (Fsp3) is 0.500. The number of rotatable bonds is 4. The summed E-state index contributed by atoms with van der Waals surface area (Å²) in [6.07, 6.45) is 3.35. The Morgan fingerprint density at radius 1 is 1.53 bits per heavy atom. The summed E-state index contributed by atoms with van der Waals surface area (Å²) in [5.74, 6) is -4.52. The van der Waals surface area contributed by atoms with E-state index in [1.807, 2.05) is 0 Å². The number of anilines is 1. The molecule has 0 radical (unpaired) electrons. The Morgan fingerprint density at radius 2 is 2.06 bits per heavy atom. The predicted octanol–water partition coefficient (Wildman–Crippen LogP) is 0.761. The molecule has 5 nitrogen and oxygen atoms in total. The number of aromatic nitrogens is 2. The standard InChI is InChI=1S/C10H14F2N4O/c1-6(16-8(17)10(2,11)12)3-7-4-14-9(13)15-5-7/h4-6H,3H2,1-2H3,(H,16,17)(H2,13,14,15)/t6-/m1/s1. The van der Waals surface area contributed by atoms with Crippen LogP contribution in [0.4, 0.5) is 14.7 Å². The fourth-order valence-corrected chi connectivity index (χ4v) is 1.23. The van der Waals surface area contributed by atoms with Gasteiger partial charge in [-0.1, -0.05) is 0 Å². The molecule has 0 aromatic carbocycles. The smallest absolute Gasteiger partial charge is 0.321 e. The number of carbonyl (C=O) groups is 1. The first-order chi connectivity index (χ1) is 7.79. The average Bonchev–Trinajstić information content (AvgIpc) is 2.20. The highest BCUT2D eigenvalue weighted by Gasteiger charge is 2.32. The van der Waals surface area contributed by atoms with Crippen LogP contribution in [0.2, 0.25) is 0 Å². The summed E-state index contributed by atoms with van der Waals surface area (Å²) >= 11 is 0. The molecular formula is C10H14F2N4O. The molecule has 1 atom stereocenters. The van der Waals surface area contributed by atoms with Gasteiger partial charge in [0.1, 0.15) is 0 Å². The molecule has 94 valence electrons. The van der Waals surface area contributed by atoms with Crippen molar-refractivity contribution in [3.8, 4) is 0 Å². The Labute approximate surface area is 97.4 Å². The number of hydrogen-bond donors (Lipinski definition) is 2. The lowest BCUT2D eigenvalue weighted by molar-refractivity contribution is -0.143. The molecule has 0 saturated carbocycles. The second kappa shape index (κ2) is 5.03. The number of halogens is 2. The van der Waals surface area contributed by atoms with Crippen molar-refractivity contribution in [2.45, 2.75) is 32.2 Å². The molecule has 3 N–H and O–H groups in total. The van der Waals surface area contributed by atoms with E-state index in [4.69, 9.17) is 5.73 Å². The monoisotopic (exact) mass is 244 g/mol. The summed E-state index contributed by atoms with van der Waals surface area (Å²) < 4.78 is 25.2. The normalized spacial score (nSPS) is 13.2. The van der Waals surface area contributed by atoms with Gasteiger partial charge in [0.05, 0.1) is 0 Å². The summed E-state index contributed by atoms with van der Waals surface area (Å²) in [5, 5.41) is 2.21. The zero-order valence-electron chi connectivity index (χ0n) is 9.58. The summed E-state index contributed by atoms with van der Waals surface area (Å²) in [7, 11) is 0. The van der Waals surface area contributed by atoms with E-state index >= 15 is 0 Å². The van der Waals surface area contributed by atoms with Crippen LogP contribution < -0.4 is 11.1 Å². The number of nitrogens with zero attached hydrogens (tertiary/aromatic N) is 2. The van der Waals surface area contributed by atoms with Crippen molar-refractivity contribution in [3.63, 3.8) is 0 Å². The van der Waals surface area contributed by atoms with Gasteiger partial charge in [0, 0.05) is 25.4 Å². The van der Waals surface area contributed by atoms with E-state index in [1.165, 1.54) is 12.4 Å². The SMILES string of the molecule is C[C@H](Cc1cnc(N)nc1)NC(=O)C(C)(F)F. The Kier molecular flexibility index (Phi) is 3.93. The van der Waals surface area contributed by atoms with Gasteiger partial charge < -0.3 is 11.1 Å². The molecule has 1 amide bonds. The molecule has 1 rings (SSSR count). The van der Waals surface area contributed by atoms with E-state index < -0.39 is 17.9 Å². The predicted molar refractivity (Wildman–Crippen MR) is 58.4 cm³/mol. The molecule has 0 fully saturated rings. The van der Waals surface area contributed by atoms with E-state index in [0.29, 0.717) is 18.9 Å². The third-order valence-electron chi connectivity index (χ3n) is 2.04. The molecule has 0 aliphatic rings. The van der Waals surface area contributed by atoms with Gasteiger partial charge in [-0.15, -0.1) is 0 Å². The Hall–Kier alpha value is -1.79. The highest BCUT2D eigenvalue weighted by atomic mass is 19.3. The van der Waals surface area contributed by atoms with Crippen molar-refractivity contribution in [1.82, 2.24) is 15.3 Å². The lowest BCUT2D eigenvalue weighted by Gasteiger charge is -2.16. The molecule has 0 aliphatic heterocycles. The minimum absolute atomic E-state index is 0.144. The van der Waals surface area contributed by atoms with Gasteiger partial charge >= 0.3 is 5.92 Å². The second-order valence-corrected chi connectivity index (χ2v) is 3.92. The number of amides is 1. The van der Waals surface area contributed by atoms with E-state index in [0.717, 1.165) is 0 Å². The lowest BCUT2D eigenvalue weighted by atomic mass is 10.1. The number of hydrogen-bond acceptors (Lipinski definition) is 4. The molecule has 0 aliphatic carbocycles. The highest BCUT2D eigenvalue weighted by Crippen LogP contribution is 2.12. The highest BCUT2D eigenvalue weighted by molar-refractivity contribution is 5.83. The summed E-state index contributed by atoms with van der Waals surface area (Å²) in [4.78, 5) is 18.5. The average molecular weight is 244 g/mol. The topological polar surface area (TPSA) is 80.9 Å². The maximum absolute atomic E-state index is 12.6. The van der Waals surface area contributed by atoms with Crippen LogP contribution in [0.1, 0.15) is 19.4 Å². The van der Waals surface area contributed by atoms with Crippen LogP contribution in [-0.2, 0) is 11.2 Å². The molecule has 7 heteroatoms. The number of alkyl halides is 2. The van der Waals surface area contributed by atoms with Gasteiger partial charge in [0.2, 0.25) is 5.95 Å². The summed E-state index contributed by atoms with van der Waals surface area (Å²) in [6.45, 7) is 2.18. The van der Waals surface area contributed by atoms with E-state index in [2.05, 4.69) is 15.3 Å². The van der Waals surface area contributed by atoms with Crippen LogP contribution in [0.25, 0.3) is 0 Å². The third kappa shape index (κ3) is 4.29. The first kappa shape index (κ1) is 13.3. The molecule has 1 aromatic heterocycles. The van der Waals surface area contributed by atoms with Crippen LogP contribution in [0.15, 0.2) is 12.4 Å². The Bertz CT molecular complexity index is 388. The maximum atomic E-state index is 12.6. The summed E-state index contributed by atoms with van der Waals surface area (Å²) in [5.41, 5.74) is 6.02. The van der Waals surface area contributed by atoms with Crippen LogP contribution in [0.5, 0.6) is 0 Å². The number of nitrogens with two attached hydrogens (primary N) is 1. The summed E-state index contributed by atoms with van der Waals surface area (Å²) in [6, 6.07) is -0.430. The number of carbonyl (C=O) groups excluding carboxylic acids is 1. The van der Waals surface area contributed by atoms with Gasteiger partial charge in [-0.3, -0.25) is 4.79 Å². The fourth-order valence-electron chi connectivity index (χ4n) is 1.23. The molecule has 0 saturated heterocycles. The van der Waals surface area contributed by atoms with Gasteiger partial charge in [-0.05, 0) is 18.9 Å². The molecule has 17 heavy (non-hydrogen) atoms. The molecule has 0 spiro atoms. The van der Waals surface area contributed by atoms with E-state index in [9.17, 15) is 13.6 Å². The molecule has 1 heterocycles. The zero-order chi connectivity index (χ0) is 13.1. The Morgan fingerprint density at radius 3 is 2.53 bits per heavy atom. The van der Waals surface area contributed by atoms with Gasteiger partial charge in [-0.25, -0.2) is 9.97 Å². The molecule has 0 unspecified atom stereocenters. The van der Waals surface area contributed by atoms with Crippen molar-refractivity contribution in [1.29, 1.82) is 0 Å². The number of nitrogen functional groups attached to an aromatic ring is 1. The van der Waals surface area contributed by atoms with Crippen LogP contribution in [0.3, 0.4) is 0 Å². The second-order valence-electron chi connectivity index (χ2n) is 3.92. The van der Waals surface area contributed by atoms with Gasteiger partial charge in [0.25, 0.3) is 5.91 Å². The quantitative estimate of drug-likeness (QED) is 0.819. The first-order valence-electron chi connectivity index (χ1n) is 5.04. The third-order valence-corrected chi connectivity index (χ3v) is 2.04. The minimum atomic E-state index is -3.37. The minimum Gasteiger partial charge on any atom is -0.368 e. The molecule has 1 aromatic rings. The Balaban J connectivity index is 2.53. The first-order valence-corrected chi connectivity index (χ1v) is 5.04. The maximum Gasteiger partial charge on any atom is 0.321 e. The van der Waals surface area contributed by atoms with Crippen LogP contribution in [-0.4, -0.2) is 27.8 Å².